The summed E-state index contributed by atoms with van der Waals surface area (Å²) in [6.45, 7) is 4.60. The first-order valence-electron chi connectivity index (χ1n) is 6.08. The molecule has 20 heavy (non-hydrogen) atoms. The number of carbonyl (C=O) groups excluding carboxylic acids is 1. The van der Waals surface area contributed by atoms with Crippen LogP contribution in [0.5, 0.6) is 0 Å². The number of hydrogen-bond donors (Lipinski definition) is 0. The summed E-state index contributed by atoms with van der Waals surface area (Å²) < 4.78 is 0. The number of halogens is 1. The Balaban J connectivity index is 2.45. The van der Waals surface area contributed by atoms with Crippen LogP contribution >= 0.6 is 11.6 Å². The quantitative estimate of drug-likeness (QED) is 0.472. The lowest BCUT2D eigenvalue weighted by atomic mass is 9.98. The number of anilines is 1. The zero-order chi connectivity index (χ0) is 15.1. The van der Waals surface area contributed by atoms with Gasteiger partial charge in [0.1, 0.15) is 16.5 Å². The molecule has 0 aromatic carbocycles. The molecule has 1 aliphatic heterocycles. The summed E-state index contributed by atoms with van der Waals surface area (Å²) in [7, 11) is 1.73. The number of rotatable bonds is 2. The van der Waals surface area contributed by atoms with E-state index in [0.29, 0.717) is 18.9 Å². The molecule has 1 saturated heterocycles. The number of hydrogen-bond acceptors (Lipinski definition) is 5. The summed E-state index contributed by atoms with van der Waals surface area (Å²) >= 11 is 5.83. The molecule has 1 aliphatic rings. The van der Waals surface area contributed by atoms with Crippen molar-refractivity contribution in [3.8, 4) is 0 Å². The summed E-state index contributed by atoms with van der Waals surface area (Å²) in [4.78, 5) is 30.1. The molecule has 1 fully saturated rings. The maximum absolute atomic E-state index is 12.2. The molecule has 0 saturated carbocycles. The van der Waals surface area contributed by atoms with Gasteiger partial charge in [0, 0.05) is 20.1 Å². The Hall–Kier alpha value is -1.89. The van der Waals surface area contributed by atoms with Crippen LogP contribution in [0.1, 0.15) is 13.8 Å². The molecule has 0 unspecified atom stereocenters. The standard InChI is InChI=1S/C12H15ClN4O3/c1-12(2)11(18)15(3)4-5-16(12)10-7-8(17(19)20)6-9(13)14-10/h6-7H,4-5H2,1-3H3. The summed E-state index contributed by atoms with van der Waals surface area (Å²) in [5.41, 5.74) is -0.958. The van der Waals surface area contributed by atoms with Crippen molar-refractivity contribution in [2.45, 2.75) is 19.4 Å². The molecule has 7 nitrogen and oxygen atoms in total. The Morgan fingerprint density at radius 2 is 2.05 bits per heavy atom. The van der Waals surface area contributed by atoms with Crippen LogP contribution in [0.2, 0.25) is 5.15 Å². The predicted octanol–water partition coefficient (Wildman–Crippen LogP) is 1.70. The Kier molecular flexibility index (Phi) is 3.56. The first-order chi connectivity index (χ1) is 9.23. The van der Waals surface area contributed by atoms with Crippen LogP contribution in [0, 0.1) is 10.1 Å². The lowest BCUT2D eigenvalue weighted by Gasteiger charge is -2.45. The largest absolute Gasteiger partial charge is 0.342 e. The number of aromatic nitrogens is 1. The van der Waals surface area contributed by atoms with Gasteiger partial charge >= 0.3 is 0 Å². The van der Waals surface area contributed by atoms with Crippen molar-refractivity contribution >= 4 is 29.0 Å². The average molecular weight is 299 g/mol. The van der Waals surface area contributed by atoms with Crippen molar-refractivity contribution < 1.29 is 9.72 Å². The normalized spacial score (nSPS) is 18.3. The highest BCUT2D eigenvalue weighted by Gasteiger charge is 2.41. The Morgan fingerprint density at radius 3 is 2.65 bits per heavy atom. The highest BCUT2D eigenvalue weighted by molar-refractivity contribution is 6.29. The van der Waals surface area contributed by atoms with Crippen LogP contribution in [-0.4, -0.2) is 46.4 Å². The van der Waals surface area contributed by atoms with Crippen LogP contribution in [0.3, 0.4) is 0 Å². The molecule has 1 aromatic heterocycles. The number of nitrogens with zero attached hydrogens (tertiary/aromatic N) is 4. The van der Waals surface area contributed by atoms with E-state index in [9.17, 15) is 14.9 Å². The van der Waals surface area contributed by atoms with Crippen LogP contribution in [0.15, 0.2) is 12.1 Å². The van der Waals surface area contributed by atoms with Crippen molar-refractivity contribution in [2.75, 3.05) is 25.0 Å². The van der Waals surface area contributed by atoms with E-state index in [0.717, 1.165) is 0 Å². The molecule has 0 bridgehead atoms. The van der Waals surface area contributed by atoms with Crippen LogP contribution in [0.4, 0.5) is 11.5 Å². The first kappa shape index (κ1) is 14.5. The smallest absolute Gasteiger partial charge is 0.276 e. The van der Waals surface area contributed by atoms with Gasteiger partial charge in [0.15, 0.2) is 0 Å². The SMILES string of the molecule is CN1CCN(c2cc([N+](=O)[O-])cc(Cl)n2)C(C)(C)C1=O. The number of nitro groups is 1. The molecule has 0 aliphatic carbocycles. The van der Waals surface area contributed by atoms with E-state index < -0.39 is 10.5 Å². The highest BCUT2D eigenvalue weighted by Crippen LogP contribution is 2.30. The predicted molar refractivity (Wildman–Crippen MR) is 75.0 cm³/mol. The van der Waals surface area contributed by atoms with Gasteiger partial charge in [-0.1, -0.05) is 11.6 Å². The van der Waals surface area contributed by atoms with Crippen molar-refractivity contribution in [2.24, 2.45) is 0 Å². The zero-order valence-electron chi connectivity index (χ0n) is 11.5. The molecule has 1 aromatic rings. The average Bonchev–Trinajstić information content (AvgIpc) is 2.35. The second-order valence-corrected chi connectivity index (χ2v) is 5.59. The van der Waals surface area contributed by atoms with Gasteiger partial charge in [-0.25, -0.2) is 4.98 Å². The van der Waals surface area contributed by atoms with E-state index in [1.54, 1.807) is 30.7 Å². The Labute approximate surface area is 121 Å². The first-order valence-corrected chi connectivity index (χ1v) is 6.46. The minimum absolute atomic E-state index is 0.0383. The fourth-order valence-electron chi connectivity index (χ4n) is 2.33. The van der Waals surface area contributed by atoms with Gasteiger partial charge in [-0.3, -0.25) is 14.9 Å². The Morgan fingerprint density at radius 1 is 1.40 bits per heavy atom. The lowest BCUT2D eigenvalue weighted by Crippen LogP contribution is -2.62. The molecule has 8 heteroatoms. The molecule has 2 rings (SSSR count). The third-order valence-electron chi connectivity index (χ3n) is 3.46. The maximum Gasteiger partial charge on any atom is 0.276 e. The number of carbonyl (C=O) groups is 1. The minimum atomic E-state index is -0.821. The summed E-state index contributed by atoms with van der Waals surface area (Å²) in [5.74, 6) is 0.281. The number of piperazine rings is 1. The zero-order valence-corrected chi connectivity index (χ0v) is 12.2. The molecule has 0 spiro atoms. The van der Waals surface area contributed by atoms with E-state index in [4.69, 9.17) is 11.6 Å². The molecule has 2 heterocycles. The highest BCUT2D eigenvalue weighted by atomic mass is 35.5. The lowest BCUT2D eigenvalue weighted by molar-refractivity contribution is -0.384. The minimum Gasteiger partial charge on any atom is -0.342 e. The van der Waals surface area contributed by atoms with Crippen molar-refractivity contribution in [3.63, 3.8) is 0 Å². The Bertz CT molecular complexity index is 576. The summed E-state index contributed by atoms with van der Waals surface area (Å²) in [5, 5.41) is 10.9. The summed E-state index contributed by atoms with van der Waals surface area (Å²) in [6.07, 6.45) is 0. The number of likely N-dealkylation sites (N-methyl/N-ethyl adjacent to an activating group) is 1. The number of pyridine rings is 1. The van der Waals surface area contributed by atoms with Crippen LogP contribution in [0.25, 0.3) is 0 Å². The third-order valence-corrected chi connectivity index (χ3v) is 3.65. The van der Waals surface area contributed by atoms with E-state index in [1.165, 1.54) is 12.1 Å². The van der Waals surface area contributed by atoms with E-state index in [2.05, 4.69) is 4.98 Å². The van der Waals surface area contributed by atoms with Gasteiger partial charge in [-0.2, -0.15) is 0 Å². The molecular weight excluding hydrogens is 284 g/mol. The summed E-state index contributed by atoms with van der Waals surface area (Å²) in [6, 6.07) is 2.53. The van der Waals surface area contributed by atoms with E-state index >= 15 is 0 Å². The van der Waals surface area contributed by atoms with Crippen molar-refractivity contribution in [1.29, 1.82) is 0 Å². The third kappa shape index (κ3) is 2.40. The second kappa shape index (κ2) is 4.90. The fourth-order valence-corrected chi connectivity index (χ4v) is 2.53. The van der Waals surface area contributed by atoms with Gasteiger partial charge in [-0.15, -0.1) is 0 Å². The topological polar surface area (TPSA) is 79.6 Å². The fraction of sp³-hybridized carbons (Fsp3) is 0.500. The van der Waals surface area contributed by atoms with Crippen molar-refractivity contribution in [3.05, 3.63) is 27.4 Å². The molecule has 0 atom stereocenters. The monoisotopic (exact) mass is 298 g/mol. The molecule has 0 N–H and O–H groups in total. The maximum atomic E-state index is 12.2. The van der Waals surface area contributed by atoms with Gasteiger partial charge in [0.05, 0.1) is 17.1 Å². The molecular formula is C12H15ClN4O3. The van der Waals surface area contributed by atoms with Crippen LogP contribution in [-0.2, 0) is 4.79 Å². The van der Waals surface area contributed by atoms with Gasteiger partial charge in [0.2, 0.25) is 5.91 Å². The van der Waals surface area contributed by atoms with Gasteiger partial charge in [0.25, 0.3) is 5.69 Å². The van der Waals surface area contributed by atoms with Crippen LogP contribution < -0.4 is 4.90 Å². The van der Waals surface area contributed by atoms with Crippen molar-refractivity contribution in [1.82, 2.24) is 9.88 Å². The molecule has 1 amide bonds. The van der Waals surface area contributed by atoms with Gasteiger partial charge < -0.3 is 9.80 Å². The van der Waals surface area contributed by atoms with E-state index in [-0.39, 0.29) is 16.7 Å². The number of amides is 1. The van der Waals surface area contributed by atoms with Gasteiger partial charge in [-0.05, 0) is 13.8 Å². The molecule has 108 valence electrons. The second-order valence-electron chi connectivity index (χ2n) is 5.20. The molecule has 0 radical (unpaired) electrons. The van der Waals surface area contributed by atoms with E-state index in [1.807, 2.05) is 0 Å².